The molecule has 1 aromatic carbocycles. The smallest absolute Gasteiger partial charge is 0.204 e. The highest BCUT2D eigenvalue weighted by Crippen LogP contribution is 2.21. The molecule has 0 amide bonds. The predicted octanol–water partition coefficient (Wildman–Crippen LogP) is 3.00. The molecule has 0 radical (unpaired) electrons. The topological polar surface area (TPSA) is 29.9 Å². The number of para-hydroxylation sites is 2. The maximum absolute atomic E-state index is 5.89. The van der Waals surface area contributed by atoms with Crippen molar-refractivity contribution in [2.45, 2.75) is 19.4 Å². The van der Waals surface area contributed by atoms with Gasteiger partial charge >= 0.3 is 0 Å². The number of anilines is 1. The van der Waals surface area contributed by atoms with Crippen molar-refractivity contribution in [1.82, 2.24) is 9.55 Å². The van der Waals surface area contributed by atoms with Crippen molar-refractivity contribution in [3.63, 3.8) is 0 Å². The summed E-state index contributed by atoms with van der Waals surface area (Å²) in [5.74, 6) is 1.39. The van der Waals surface area contributed by atoms with E-state index in [9.17, 15) is 0 Å². The maximum Gasteiger partial charge on any atom is 0.204 e. The van der Waals surface area contributed by atoms with Gasteiger partial charge in [-0.3, -0.25) is 0 Å². The van der Waals surface area contributed by atoms with E-state index in [1.807, 2.05) is 29.8 Å². The first-order valence-corrected chi connectivity index (χ1v) is 5.82. The van der Waals surface area contributed by atoms with Gasteiger partial charge in [0.25, 0.3) is 0 Å². The highest BCUT2D eigenvalue weighted by atomic mass is 35.5. The summed E-state index contributed by atoms with van der Waals surface area (Å²) in [6.07, 6.45) is 0. The summed E-state index contributed by atoms with van der Waals surface area (Å²) in [5, 5.41) is 3.35. The molecular weight excluding hydrogens is 222 g/mol. The molecule has 0 bridgehead atoms. The van der Waals surface area contributed by atoms with Crippen LogP contribution in [0.3, 0.4) is 0 Å². The first-order valence-electron chi connectivity index (χ1n) is 5.29. The molecule has 0 aliphatic carbocycles. The molecule has 0 atom stereocenters. The number of hydrogen-bond acceptors (Lipinski definition) is 2. The van der Waals surface area contributed by atoms with E-state index >= 15 is 0 Å². The fourth-order valence-electron chi connectivity index (χ4n) is 1.59. The van der Waals surface area contributed by atoms with Crippen LogP contribution < -0.4 is 5.32 Å². The van der Waals surface area contributed by atoms with Crippen LogP contribution in [-0.4, -0.2) is 21.0 Å². The fourth-order valence-corrected chi connectivity index (χ4v) is 1.66. The van der Waals surface area contributed by atoms with Gasteiger partial charge in [-0.05, 0) is 26.0 Å². The van der Waals surface area contributed by atoms with Crippen LogP contribution >= 0.6 is 11.6 Å². The Morgan fingerprint density at radius 1 is 1.38 bits per heavy atom. The van der Waals surface area contributed by atoms with Gasteiger partial charge in [-0.25, -0.2) is 4.98 Å². The molecule has 4 heteroatoms. The molecule has 0 fully saturated rings. The van der Waals surface area contributed by atoms with Crippen LogP contribution in [-0.2, 0) is 7.05 Å². The molecule has 0 unspecified atom stereocenters. The van der Waals surface area contributed by atoms with Crippen LogP contribution in [0.25, 0.3) is 11.0 Å². The molecule has 1 N–H and O–H groups in total. The number of aryl methyl sites for hydroxylation is 1. The SMILES string of the molecule is Cn1c(NC(C)(C)CCl)nc2ccccc21. The van der Waals surface area contributed by atoms with Crippen LogP contribution in [0.4, 0.5) is 5.95 Å². The highest BCUT2D eigenvalue weighted by molar-refractivity contribution is 6.18. The minimum atomic E-state index is -0.156. The second-order valence-electron chi connectivity index (χ2n) is 4.63. The van der Waals surface area contributed by atoms with E-state index in [1.165, 1.54) is 0 Å². The monoisotopic (exact) mass is 237 g/mol. The molecule has 1 heterocycles. The number of hydrogen-bond donors (Lipinski definition) is 1. The zero-order valence-electron chi connectivity index (χ0n) is 9.79. The van der Waals surface area contributed by atoms with Crippen molar-refractivity contribution < 1.29 is 0 Å². The van der Waals surface area contributed by atoms with Crippen LogP contribution in [0.1, 0.15) is 13.8 Å². The van der Waals surface area contributed by atoms with Gasteiger partial charge < -0.3 is 9.88 Å². The molecule has 0 spiro atoms. The van der Waals surface area contributed by atoms with Gasteiger partial charge in [0.15, 0.2) is 0 Å². The van der Waals surface area contributed by atoms with E-state index in [2.05, 4.69) is 30.2 Å². The largest absolute Gasteiger partial charge is 0.350 e. The molecule has 86 valence electrons. The zero-order valence-corrected chi connectivity index (χ0v) is 10.5. The van der Waals surface area contributed by atoms with Gasteiger partial charge in [0.1, 0.15) is 0 Å². The Kier molecular flexibility index (Phi) is 2.80. The third-order valence-corrected chi connectivity index (χ3v) is 3.24. The number of aromatic nitrogens is 2. The number of nitrogens with one attached hydrogen (secondary N) is 1. The van der Waals surface area contributed by atoms with Gasteiger partial charge in [0.05, 0.1) is 11.0 Å². The summed E-state index contributed by atoms with van der Waals surface area (Å²) in [6.45, 7) is 4.11. The first-order chi connectivity index (χ1) is 7.53. The molecular formula is C12H16ClN3. The summed E-state index contributed by atoms with van der Waals surface area (Å²) in [4.78, 5) is 4.54. The number of benzene rings is 1. The summed E-state index contributed by atoms with van der Waals surface area (Å²) >= 11 is 5.89. The summed E-state index contributed by atoms with van der Waals surface area (Å²) in [5.41, 5.74) is 1.96. The molecule has 2 rings (SSSR count). The Morgan fingerprint density at radius 3 is 2.69 bits per heavy atom. The van der Waals surface area contributed by atoms with Crippen LogP contribution in [0.2, 0.25) is 0 Å². The molecule has 0 saturated heterocycles. The second-order valence-corrected chi connectivity index (χ2v) is 4.89. The van der Waals surface area contributed by atoms with Gasteiger partial charge in [-0.1, -0.05) is 12.1 Å². The average molecular weight is 238 g/mol. The summed E-state index contributed by atoms with van der Waals surface area (Å²) < 4.78 is 2.05. The van der Waals surface area contributed by atoms with E-state index in [-0.39, 0.29) is 5.54 Å². The van der Waals surface area contributed by atoms with Crippen molar-refractivity contribution in [3.05, 3.63) is 24.3 Å². The van der Waals surface area contributed by atoms with Crippen molar-refractivity contribution in [2.24, 2.45) is 7.05 Å². The van der Waals surface area contributed by atoms with Crippen LogP contribution in [0.15, 0.2) is 24.3 Å². The minimum Gasteiger partial charge on any atom is -0.350 e. The highest BCUT2D eigenvalue weighted by Gasteiger charge is 2.18. The number of nitrogens with zero attached hydrogens (tertiary/aromatic N) is 2. The lowest BCUT2D eigenvalue weighted by molar-refractivity contribution is 0.628. The summed E-state index contributed by atoms with van der Waals surface area (Å²) in [6, 6.07) is 8.07. The quantitative estimate of drug-likeness (QED) is 0.832. The number of rotatable bonds is 3. The van der Waals surface area contributed by atoms with Crippen LogP contribution in [0, 0.1) is 0 Å². The standard InChI is InChI=1S/C12H16ClN3/c1-12(2,8-13)15-11-14-9-6-4-5-7-10(9)16(11)3/h4-7H,8H2,1-3H3,(H,14,15). The second kappa shape index (κ2) is 3.98. The first kappa shape index (κ1) is 11.3. The Morgan fingerprint density at radius 2 is 2.06 bits per heavy atom. The molecule has 0 saturated carbocycles. The van der Waals surface area contributed by atoms with Gasteiger partial charge in [-0.15, -0.1) is 11.6 Å². The van der Waals surface area contributed by atoms with Crippen molar-refractivity contribution in [1.29, 1.82) is 0 Å². The normalized spacial score (nSPS) is 12.0. The molecule has 3 nitrogen and oxygen atoms in total. The van der Waals surface area contributed by atoms with Gasteiger partial charge in [0, 0.05) is 18.5 Å². The van der Waals surface area contributed by atoms with Gasteiger partial charge in [-0.2, -0.15) is 0 Å². The third-order valence-electron chi connectivity index (χ3n) is 2.57. The van der Waals surface area contributed by atoms with E-state index in [1.54, 1.807) is 0 Å². The van der Waals surface area contributed by atoms with E-state index in [0.29, 0.717) is 5.88 Å². The average Bonchev–Trinajstić information content (AvgIpc) is 2.56. The van der Waals surface area contributed by atoms with Crippen molar-refractivity contribution >= 4 is 28.6 Å². The van der Waals surface area contributed by atoms with Gasteiger partial charge in [0.2, 0.25) is 5.95 Å². The van der Waals surface area contributed by atoms with Crippen molar-refractivity contribution in [2.75, 3.05) is 11.2 Å². The van der Waals surface area contributed by atoms with E-state index in [0.717, 1.165) is 17.0 Å². The molecule has 0 aliphatic heterocycles. The van der Waals surface area contributed by atoms with Crippen LogP contribution in [0.5, 0.6) is 0 Å². The minimum absolute atomic E-state index is 0.156. The predicted molar refractivity (Wildman–Crippen MR) is 69.1 cm³/mol. The lowest BCUT2D eigenvalue weighted by Gasteiger charge is -2.23. The van der Waals surface area contributed by atoms with E-state index in [4.69, 9.17) is 11.6 Å². The Hall–Kier alpha value is -1.22. The Bertz CT molecular complexity index is 502. The lowest BCUT2D eigenvalue weighted by atomic mass is 10.1. The number of fused-ring (bicyclic) bond motifs is 1. The molecule has 0 aliphatic rings. The number of alkyl halides is 1. The maximum atomic E-state index is 5.89. The Balaban J connectivity index is 2.42. The molecule has 2 aromatic rings. The van der Waals surface area contributed by atoms with E-state index < -0.39 is 0 Å². The van der Waals surface area contributed by atoms with Crippen molar-refractivity contribution in [3.8, 4) is 0 Å². The molecule has 16 heavy (non-hydrogen) atoms. The fraction of sp³-hybridized carbons (Fsp3) is 0.417. The number of halogens is 1. The summed E-state index contributed by atoms with van der Waals surface area (Å²) in [7, 11) is 2.00. The lowest BCUT2D eigenvalue weighted by Crippen LogP contribution is -2.33. The molecule has 1 aromatic heterocycles. The third kappa shape index (κ3) is 2.00. The number of imidazole rings is 1. The zero-order chi connectivity index (χ0) is 11.8. The Labute approximate surface area is 100 Å².